The van der Waals surface area contributed by atoms with Gasteiger partial charge in [-0.1, -0.05) is 13.3 Å². The van der Waals surface area contributed by atoms with Crippen LogP contribution in [0.25, 0.3) is 0 Å². The van der Waals surface area contributed by atoms with E-state index in [-0.39, 0.29) is 12.0 Å². The maximum absolute atomic E-state index is 11.4. The number of nitrogens with one attached hydrogen (secondary N) is 1. The lowest BCUT2D eigenvalue weighted by atomic mass is 10.2. The smallest absolute Gasteiger partial charge is 0.219 e. The van der Waals surface area contributed by atoms with Crippen molar-refractivity contribution < 1.29 is 9.53 Å². The second-order valence-electron chi connectivity index (χ2n) is 5.38. The van der Waals surface area contributed by atoms with Gasteiger partial charge in [0.05, 0.1) is 12.7 Å². The Morgan fingerprint density at radius 3 is 3.10 bits per heavy atom. The SMILES string of the molecule is CCCc1cnc(C)nc1NC[C@H]1CN(C(C)=O)CCO1. The van der Waals surface area contributed by atoms with Crippen molar-refractivity contribution in [1.29, 1.82) is 0 Å². The molecule has 1 fully saturated rings. The zero-order valence-electron chi connectivity index (χ0n) is 13.1. The molecule has 1 saturated heterocycles. The minimum atomic E-state index is 0.00685. The molecule has 1 N–H and O–H groups in total. The van der Waals surface area contributed by atoms with Crippen LogP contribution in [-0.2, 0) is 16.0 Å². The first-order valence-corrected chi connectivity index (χ1v) is 7.53. The molecule has 1 amide bonds. The fourth-order valence-corrected chi connectivity index (χ4v) is 2.44. The largest absolute Gasteiger partial charge is 0.373 e. The summed E-state index contributed by atoms with van der Waals surface area (Å²) in [6, 6.07) is 0. The van der Waals surface area contributed by atoms with Gasteiger partial charge >= 0.3 is 0 Å². The summed E-state index contributed by atoms with van der Waals surface area (Å²) >= 11 is 0. The van der Waals surface area contributed by atoms with E-state index >= 15 is 0 Å². The topological polar surface area (TPSA) is 67.4 Å². The Kier molecular flexibility index (Phi) is 5.50. The predicted molar refractivity (Wildman–Crippen MR) is 81.2 cm³/mol. The lowest BCUT2D eigenvalue weighted by molar-refractivity contribution is -0.135. The second-order valence-corrected chi connectivity index (χ2v) is 5.38. The van der Waals surface area contributed by atoms with Gasteiger partial charge in [0, 0.05) is 38.3 Å². The van der Waals surface area contributed by atoms with E-state index in [1.807, 2.05) is 18.0 Å². The zero-order valence-corrected chi connectivity index (χ0v) is 13.1. The Hall–Kier alpha value is -1.69. The molecule has 0 bridgehead atoms. The zero-order chi connectivity index (χ0) is 15.2. The van der Waals surface area contributed by atoms with Crippen LogP contribution in [0.15, 0.2) is 6.20 Å². The molecular weight excluding hydrogens is 268 g/mol. The van der Waals surface area contributed by atoms with Crippen LogP contribution < -0.4 is 5.32 Å². The molecule has 6 nitrogen and oxygen atoms in total. The van der Waals surface area contributed by atoms with Crippen molar-refractivity contribution in [1.82, 2.24) is 14.9 Å². The van der Waals surface area contributed by atoms with Gasteiger partial charge < -0.3 is 15.0 Å². The molecule has 0 unspecified atom stereocenters. The summed E-state index contributed by atoms with van der Waals surface area (Å²) in [5.74, 6) is 1.74. The molecule has 2 rings (SSSR count). The fraction of sp³-hybridized carbons (Fsp3) is 0.667. The first-order chi connectivity index (χ1) is 10.1. The number of rotatable bonds is 5. The summed E-state index contributed by atoms with van der Waals surface area (Å²) in [5.41, 5.74) is 1.13. The molecule has 1 aliphatic rings. The molecule has 0 radical (unpaired) electrons. The summed E-state index contributed by atoms with van der Waals surface area (Å²) in [4.78, 5) is 22.0. The number of anilines is 1. The Balaban J connectivity index is 1.96. The van der Waals surface area contributed by atoms with E-state index in [0.29, 0.717) is 26.2 Å². The number of carbonyl (C=O) groups is 1. The maximum Gasteiger partial charge on any atom is 0.219 e. The van der Waals surface area contributed by atoms with Crippen LogP contribution in [0.3, 0.4) is 0 Å². The monoisotopic (exact) mass is 292 g/mol. The van der Waals surface area contributed by atoms with Crippen molar-refractivity contribution in [2.75, 3.05) is 31.6 Å². The third-order valence-electron chi connectivity index (χ3n) is 3.59. The molecule has 21 heavy (non-hydrogen) atoms. The highest BCUT2D eigenvalue weighted by molar-refractivity contribution is 5.73. The molecular formula is C15H24N4O2. The molecule has 1 aromatic heterocycles. The van der Waals surface area contributed by atoms with E-state index in [2.05, 4.69) is 22.2 Å². The molecule has 116 valence electrons. The molecule has 6 heteroatoms. The van der Waals surface area contributed by atoms with Crippen LogP contribution >= 0.6 is 0 Å². The van der Waals surface area contributed by atoms with Crippen LogP contribution in [0.4, 0.5) is 5.82 Å². The molecule has 1 aromatic rings. The number of ether oxygens (including phenoxy) is 1. The quantitative estimate of drug-likeness (QED) is 0.888. The van der Waals surface area contributed by atoms with E-state index in [1.54, 1.807) is 6.92 Å². The van der Waals surface area contributed by atoms with Crippen molar-refractivity contribution in [3.63, 3.8) is 0 Å². The molecule has 0 saturated carbocycles. The van der Waals surface area contributed by atoms with E-state index in [0.717, 1.165) is 30.0 Å². The van der Waals surface area contributed by atoms with Gasteiger partial charge in [0.15, 0.2) is 0 Å². The normalized spacial score (nSPS) is 18.6. The minimum Gasteiger partial charge on any atom is -0.373 e. The molecule has 0 aromatic carbocycles. The summed E-state index contributed by atoms with van der Waals surface area (Å²) in [7, 11) is 0. The highest BCUT2D eigenvalue weighted by atomic mass is 16.5. The van der Waals surface area contributed by atoms with Gasteiger partial charge in [-0.25, -0.2) is 9.97 Å². The van der Waals surface area contributed by atoms with Crippen LogP contribution in [0.5, 0.6) is 0 Å². The minimum absolute atomic E-state index is 0.00685. The number of amides is 1. The van der Waals surface area contributed by atoms with Gasteiger partial charge in [0.1, 0.15) is 11.6 Å². The van der Waals surface area contributed by atoms with Crippen molar-refractivity contribution in [2.45, 2.75) is 39.7 Å². The standard InChI is InChI=1S/C15H24N4O2/c1-4-5-13-8-16-11(2)18-15(13)17-9-14-10-19(12(3)20)6-7-21-14/h8,14H,4-7,9-10H2,1-3H3,(H,16,17,18)/t14-/m0/s1. The third kappa shape index (κ3) is 4.39. The molecule has 1 atom stereocenters. The first-order valence-electron chi connectivity index (χ1n) is 7.53. The third-order valence-corrected chi connectivity index (χ3v) is 3.59. The van der Waals surface area contributed by atoms with Crippen LogP contribution in [0.2, 0.25) is 0 Å². The van der Waals surface area contributed by atoms with E-state index in [9.17, 15) is 4.79 Å². The van der Waals surface area contributed by atoms with Crippen LogP contribution in [0, 0.1) is 6.92 Å². The van der Waals surface area contributed by atoms with Gasteiger partial charge in [-0.15, -0.1) is 0 Å². The van der Waals surface area contributed by atoms with Crippen molar-refractivity contribution in [3.05, 3.63) is 17.6 Å². The summed E-state index contributed by atoms with van der Waals surface area (Å²) in [5, 5.41) is 3.35. The number of nitrogens with zero attached hydrogens (tertiary/aromatic N) is 3. The predicted octanol–water partition coefficient (Wildman–Crippen LogP) is 1.40. The van der Waals surface area contributed by atoms with Gasteiger partial charge in [0.25, 0.3) is 0 Å². The summed E-state index contributed by atoms with van der Waals surface area (Å²) in [6.07, 6.45) is 3.90. The van der Waals surface area contributed by atoms with E-state index in [1.165, 1.54) is 0 Å². The Morgan fingerprint density at radius 2 is 2.38 bits per heavy atom. The lowest BCUT2D eigenvalue weighted by Crippen LogP contribution is -2.47. The van der Waals surface area contributed by atoms with Gasteiger partial charge in [0.2, 0.25) is 5.91 Å². The average Bonchev–Trinajstić information content (AvgIpc) is 2.48. The Labute approximate surface area is 125 Å². The highest BCUT2D eigenvalue weighted by Crippen LogP contribution is 2.15. The molecule has 2 heterocycles. The second kappa shape index (κ2) is 7.36. The molecule has 0 spiro atoms. The van der Waals surface area contributed by atoms with Gasteiger partial charge in [-0.2, -0.15) is 0 Å². The Bertz CT molecular complexity index is 493. The number of morpholine rings is 1. The first kappa shape index (κ1) is 15.7. The number of hydrogen-bond acceptors (Lipinski definition) is 5. The van der Waals surface area contributed by atoms with Crippen LogP contribution in [0.1, 0.15) is 31.7 Å². The fourth-order valence-electron chi connectivity index (χ4n) is 2.44. The number of aryl methyl sites for hydroxylation is 2. The maximum atomic E-state index is 11.4. The average molecular weight is 292 g/mol. The summed E-state index contributed by atoms with van der Waals surface area (Å²) < 4.78 is 5.71. The molecule has 1 aliphatic heterocycles. The Morgan fingerprint density at radius 1 is 1.57 bits per heavy atom. The van der Waals surface area contributed by atoms with Crippen molar-refractivity contribution >= 4 is 11.7 Å². The van der Waals surface area contributed by atoms with Gasteiger partial charge in [-0.05, 0) is 13.3 Å². The van der Waals surface area contributed by atoms with Gasteiger partial charge in [-0.3, -0.25) is 4.79 Å². The van der Waals surface area contributed by atoms with E-state index in [4.69, 9.17) is 4.74 Å². The number of carbonyl (C=O) groups excluding carboxylic acids is 1. The highest BCUT2D eigenvalue weighted by Gasteiger charge is 2.22. The lowest BCUT2D eigenvalue weighted by Gasteiger charge is -2.32. The van der Waals surface area contributed by atoms with Crippen molar-refractivity contribution in [3.8, 4) is 0 Å². The van der Waals surface area contributed by atoms with Crippen molar-refractivity contribution in [2.24, 2.45) is 0 Å². The summed E-state index contributed by atoms with van der Waals surface area (Å²) in [6.45, 7) is 8.18. The number of aromatic nitrogens is 2. The number of hydrogen-bond donors (Lipinski definition) is 1. The van der Waals surface area contributed by atoms with Crippen LogP contribution in [-0.4, -0.2) is 53.1 Å². The van der Waals surface area contributed by atoms with E-state index < -0.39 is 0 Å². The molecule has 0 aliphatic carbocycles.